The second kappa shape index (κ2) is 134. The molecule has 1 aromatic rings. The van der Waals surface area contributed by atoms with Crippen LogP contribution in [0.4, 0.5) is 0 Å². The van der Waals surface area contributed by atoms with Crippen molar-refractivity contribution in [2.75, 3.05) is 284 Å². The largest absolute Gasteiger partial charge is 0.396 e. The number of piperidine rings is 1. The van der Waals surface area contributed by atoms with Gasteiger partial charge in [0.2, 0.25) is 0 Å². The number of nitrogens with zero attached hydrogens (tertiary/aromatic N) is 7. The number of aromatic nitrogens is 2. The van der Waals surface area contributed by atoms with Crippen LogP contribution in [0.3, 0.4) is 0 Å². The molecule has 1 aromatic heterocycles. The van der Waals surface area contributed by atoms with Crippen molar-refractivity contribution in [2.45, 2.75) is 259 Å². The number of unbranched alkanes of at least 4 members (excludes halogenated alkanes) is 9. The molecule has 3 atom stereocenters. The van der Waals surface area contributed by atoms with Gasteiger partial charge < -0.3 is 161 Å². The van der Waals surface area contributed by atoms with Crippen LogP contribution in [-0.4, -0.2) is 356 Å². The zero-order valence-corrected chi connectivity index (χ0v) is 81.3. The summed E-state index contributed by atoms with van der Waals surface area (Å²) in [5.74, 6) is 2.56. The Morgan fingerprint density at radius 3 is 1.14 bits per heavy atom. The number of aliphatic hydroxyl groups is 5. The maximum atomic E-state index is 8.33. The van der Waals surface area contributed by atoms with Crippen molar-refractivity contribution in [2.24, 2.45) is 115 Å². The van der Waals surface area contributed by atoms with E-state index in [2.05, 4.69) is 71.3 Å². The Kier molecular flexibility index (Phi) is 155. The van der Waals surface area contributed by atoms with Gasteiger partial charge in [0, 0.05) is 130 Å². The molecule has 5 heterocycles. The molecule has 4 saturated heterocycles. The number of aryl methyl sites for hydroxylation is 1. The Balaban J connectivity index is -0.000000137. The van der Waals surface area contributed by atoms with Crippen LogP contribution < -0.4 is 97.5 Å². The van der Waals surface area contributed by atoms with E-state index in [-0.39, 0.29) is 32.5 Å². The Hall–Kier alpha value is -2.03. The Labute approximate surface area is 752 Å². The number of imidazole rings is 1. The van der Waals surface area contributed by atoms with E-state index in [1.165, 1.54) is 148 Å². The number of ether oxygens (including phenoxy) is 4. The summed E-state index contributed by atoms with van der Waals surface area (Å²) >= 11 is 0. The van der Waals surface area contributed by atoms with Gasteiger partial charge in [-0.1, -0.05) is 118 Å². The molecule has 6 aliphatic rings. The van der Waals surface area contributed by atoms with Gasteiger partial charge in [0.15, 0.2) is 0 Å². The first-order valence-corrected chi connectivity index (χ1v) is 48.0. The first-order valence-electron chi connectivity index (χ1n) is 48.0. The first kappa shape index (κ1) is 140. The lowest BCUT2D eigenvalue weighted by atomic mass is 9.90. The van der Waals surface area contributed by atoms with E-state index in [0.717, 1.165) is 265 Å². The third-order valence-electron chi connectivity index (χ3n) is 18.8. The third kappa shape index (κ3) is 146. The number of likely N-dealkylation sites (tertiary alicyclic amines) is 1. The zero-order chi connectivity index (χ0) is 93.9. The summed E-state index contributed by atoms with van der Waals surface area (Å²) in [6.07, 6.45) is 45.2. The molecule has 0 spiro atoms. The summed E-state index contributed by atoms with van der Waals surface area (Å²) in [4.78, 5) is 15.3. The van der Waals surface area contributed by atoms with Crippen LogP contribution in [0, 0.1) is 17.8 Å². The molecule has 0 radical (unpaired) electrons. The second-order valence-electron chi connectivity index (χ2n) is 31.1. The minimum Gasteiger partial charge on any atom is -0.396 e. The molecule has 6 fully saturated rings. The van der Waals surface area contributed by atoms with Crippen LogP contribution >= 0.6 is 0 Å². The SMILES string of the molecule is CCC(N)CO.CCCCC(CC)CN.CCCCCCN.CCCCN.CN(C)CCCN.CN(C)CCN.NCC1CC1.NCC1CCCCC1.NCC1CCCO1.NCCCCCCO.NCCCCO.NCCCN1CCOCC1.NCCCn1ccnc1.NCCN1CCCCC1.NCCN1CCOCC1.NCCO.NCCOCCO. The van der Waals surface area contributed by atoms with Gasteiger partial charge in [0.25, 0.3) is 0 Å². The van der Waals surface area contributed by atoms with Crippen molar-refractivity contribution in [1.82, 2.24) is 34.1 Å². The first-order chi connectivity index (χ1) is 59.2. The van der Waals surface area contributed by atoms with E-state index in [4.69, 9.17) is 142 Å². The third-order valence-corrected chi connectivity index (χ3v) is 18.8. The van der Waals surface area contributed by atoms with Crippen LogP contribution in [-0.2, 0) is 25.5 Å². The molecule has 39 N–H and O–H groups in total. The lowest BCUT2D eigenvalue weighted by Crippen LogP contribution is -2.39. The second-order valence-corrected chi connectivity index (χ2v) is 31.1. The molecule has 33 heteroatoms. The summed E-state index contributed by atoms with van der Waals surface area (Å²) in [7, 11) is 8.12. The highest BCUT2D eigenvalue weighted by Gasteiger charge is 2.18. The van der Waals surface area contributed by atoms with E-state index >= 15 is 0 Å². The minimum atomic E-state index is -0.00926. The van der Waals surface area contributed by atoms with Crippen molar-refractivity contribution < 1.29 is 44.5 Å². The molecule has 3 unspecified atom stereocenters. The Morgan fingerprint density at radius 1 is 0.393 bits per heavy atom. The summed E-state index contributed by atoms with van der Waals surface area (Å²) in [6, 6.07) is -0.00926. The fraction of sp³-hybridized carbons (Fsp3) is 0.966. The van der Waals surface area contributed by atoms with Gasteiger partial charge in [0.1, 0.15) is 0 Å². The number of aliphatic hydroxyl groups excluding tert-OH is 5. The van der Waals surface area contributed by atoms with E-state index in [0.29, 0.717) is 52.1 Å². The lowest BCUT2D eigenvalue weighted by molar-refractivity contribution is 0.0377. The van der Waals surface area contributed by atoms with E-state index in [9.17, 15) is 0 Å². The summed E-state index contributed by atoms with van der Waals surface area (Å²) in [5, 5.41) is 40.6. The molecule has 0 bridgehead atoms. The Bertz CT molecular complexity index is 1690. The molecule has 122 heavy (non-hydrogen) atoms. The fourth-order valence-electron chi connectivity index (χ4n) is 10.5. The van der Waals surface area contributed by atoms with Gasteiger partial charge in [-0.05, 0) is 260 Å². The predicted octanol–water partition coefficient (Wildman–Crippen LogP) is 3.27. The normalized spacial score (nSPS) is 15.6. The van der Waals surface area contributed by atoms with Crippen molar-refractivity contribution in [3.63, 3.8) is 0 Å². The number of nitrogens with two attached hydrogens (primary N) is 17. The number of rotatable bonds is 44. The summed E-state index contributed by atoms with van der Waals surface area (Å²) in [5.41, 5.74) is 89.3. The molecule has 4 aliphatic heterocycles. The number of likely N-dealkylation sites (N-methyl/N-ethyl adjacent to an activating group) is 1. The standard InChI is InChI=1S/C8H19N.C7H16N2O.C7H16N2.C7H15N.C6H11N3.C6H14N2O.C6H15NO.C6H15N.C5H14N2.C5H11NO.C4H12N2.C4H11NO2.2C4H11NO.C4H9N.C4H11N.C2H7NO/c1-3-5-6-8(4-2)7-9;8-2-1-3-9-4-6-10-7-5-9;8-4-7-9-5-2-1-3-6-9;8-6-7-4-2-1-3-5-7;7-2-1-4-9-5-3-8-6-9;7-1-2-8-3-5-9-6-4-8;7-5-3-1-2-4-6-8;1-2-3-4-5-6-7;1-7(2)5-3-4-6;6-4-5-2-1-3-7-5;1-6(2)4-3-5;5-1-3-7-4-2-6;1-2-4(5)3-6;5-3-1-2-4-6;5-3-4-1-2-4;1-2-3-4-5;3-1-2-4/h8H,3-7,9H2,1-2H3;1-8H2;1-8H2;7H,1-6,8H2;3,5-6H,1-2,4,7H2;1-7H2;8H,1-7H2;2-7H2,1H3;3-6H2,1-2H3;5H,1-4,6H2;3-5H2,1-2H3;6H,1-5H2;4,6H,2-3,5H2,1H3;6H,1-5H2;4H,1-3,5H2;2-5H2,1H3;4H,1-3H2. The maximum Gasteiger partial charge on any atom is 0.0945 e. The topological polar surface area (TPSA) is 614 Å². The van der Waals surface area contributed by atoms with E-state index in [1.54, 1.807) is 12.5 Å². The van der Waals surface area contributed by atoms with Gasteiger partial charge in [-0.2, -0.15) is 0 Å². The molecule has 2 aliphatic carbocycles. The van der Waals surface area contributed by atoms with Crippen LogP contribution in [0.15, 0.2) is 18.7 Å². The number of morpholine rings is 2. The van der Waals surface area contributed by atoms with Gasteiger partial charge in [0.05, 0.1) is 71.9 Å². The van der Waals surface area contributed by atoms with Crippen molar-refractivity contribution in [1.29, 1.82) is 0 Å². The average molecular weight is 1770 g/mol. The predicted molar refractivity (Wildman–Crippen MR) is 526 cm³/mol. The monoisotopic (exact) mass is 1770 g/mol. The number of hydrogen-bond acceptors (Lipinski definition) is 32. The molecular formula is C89H218N24O9. The molecule has 2 saturated carbocycles. The van der Waals surface area contributed by atoms with E-state index < -0.39 is 0 Å². The highest BCUT2D eigenvalue weighted by molar-refractivity contribution is 4.74. The Morgan fingerprint density at radius 2 is 0.844 bits per heavy atom. The maximum absolute atomic E-state index is 8.33. The summed E-state index contributed by atoms with van der Waals surface area (Å²) < 4.78 is 22.3. The van der Waals surface area contributed by atoms with Crippen LogP contribution in [0.1, 0.15) is 240 Å². The highest BCUT2D eigenvalue weighted by atomic mass is 16.5. The summed E-state index contributed by atoms with van der Waals surface area (Å²) in [6.45, 7) is 42.3. The van der Waals surface area contributed by atoms with Crippen molar-refractivity contribution in [3.05, 3.63) is 18.7 Å². The molecule has 7 rings (SSSR count). The molecule has 0 aromatic carbocycles. The highest BCUT2D eigenvalue weighted by Crippen LogP contribution is 2.26. The average Bonchev–Trinajstić information content (AvgIpc) is 1.90. The van der Waals surface area contributed by atoms with Crippen LogP contribution in [0.25, 0.3) is 0 Å². The number of hydrogen-bond donors (Lipinski definition) is 22. The van der Waals surface area contributed by atoms with E-state index in [1.807, 2.05) is 31.8 Å². The zero-order valence-electron chi connectivity index (χ0n) is 81.3. The van der Waals surface area contributed by atoms with Crippen LogP contribution in [0.2, 0.25) is 0 Å². The molecular weight excluding hydrogens is 1550 g/mol. The van der Waals surface area contributed by atoms with Gasteiger partial charge in [-0.25, -0.2) is 4.98 Å². The van der Waals surface area contributed by atoms with Crippen molar-refractivity contribution >= 4 is 0 Å². The molecule has 33 nitrogen and oxygen atoms in total. The smallest absolute Gasteiger partial charge is 0.0945 e. The van der Waals surface area contributed by atoms with Gasteiger partial charge >= 0.3 is 0 Å². The van der Waals surface area contributed by atoms with Crippen LogP contribution in [0.5, 0.6) is 0 Å². The lowest BCUT2D eigenvalue weighted by Gasteiger charge is -2.26. The van der Waals surface area contributed by atoms with Crippen molar-refractivity contribution in [3.8, 4) is 0 Å². The van der Waals surface area contributed by atoms with Gasteiger partial charge in [-0.15, -0.1) is 0 Å². The van der Waals surface area contributed by atoms with Gasteiger partial charge in [-0.3, -0.25) is 9.80 Å². The fourth-order valence-corrected chi connectivity index (χ4v) is 10.5. The molecule has 748 valence electrons. The minimum absolute atomic E-state index is 0.00926. The molecule has 0 amide bonds. The quantitative estimate of drug-likeness (QED) is 0.0417.